The molecule has 2 aliphatic rings. The highest BCUT2D eigenvalue weighted by atomic mass is 19.4. The van der Waals surface area contributed by atoms with E-state index < -0.39 is 24.7 Å². The van der Waals surface area contributed by atoms with Gasteiger partial charge in [-0.2, -0.15) is 13.2 Å². The molecule has 3 atom stereocenters. The molecule has 1 aliphatic carbocycles. The van der Waals surface area contributed by atoms with E-state index in [0.717, 1.165) is 30.7 Å². The van der Waals surface area contributed by atoms with Crippen LogP contribution in [-0.2, 0) is 4.79 Å². The third-order valence-corrected chi connectivity index (χ3v) is 3.80. The molecule has 0 aromatic carbocycles. The van der Waals surface area contributed by atoms with Crippen LogP contribution in [0.1, 0.15) is 19.3 Å². The van der Waals surface area contributed by atoms with Crippen molar-refractivity contribution in [1.82, 2.24) is 10.2 Å². The average molecular weight is 250 g/mol. The van der Waals surface area contributed by atoms with Gasteiger partial charge in [0.05, 0.1) is 6.04 Å². The van der Waals surface area contributed by atoms with Crippen LogP contribution in [0.25, 0.3) is 0 Å². The van der Waals surface area contributed by atoms with Crippen molar-refractivity contribution in [2.45, 2.75) is 31.5 Å². The molecule has 3 unspecified atom stereocenters. The summed E-state index contributed by atoms with van der Waals surface area (Å²) in [4.78, 5) is 12.7. The number of amides is 1. The van der Waals surface area contributed by atoms with Gasteiger partial charge in [0.1, 0.15) is 6.54 Å². The maximum Gasteiger partial charge on any atom is 0.406 e. The lowest BCUT2D eigenvalue weighted by Crippen LogP contribution is -2.47. The van der Waals surface area contributed by atoms with Crippen LogP contribution in [0.4, 0.5) is 13.2 Å². The number of hydrogen-bond donors (Lipinski definition) is 1. The van der Waals surface area contributed by atoms with Crippen molar-refractivity contribution in [3.63, 3.8) is 0 Å². The lowest BCUT2D eigenvalue weighted by molar-refractivity contribution is -0.160. The van der Waals surface area contributed by atoms with E-state index in [1.54, 1.807) is 0 Å². The molecule has 0 aromatic heterocycles. The van der Waals surface area contributed by atoms with Gasteiger partial charge in [-0.25, -0.2) is 0 Å². The van der Waals surface area contributed by atoms with E-state index in [0.29, 0.717) is 5.92 Å². The third-order valence-electron chi connectivity index (χ3n) is 3.80. The molecule has 1 saturated heterocycles. The molecule has 0 aromatic rings. The zero-order valence-corrected chi connectivity index (χ0v) is 9.76. The molecule has 98 valence electrons. The number of hydrogen-bond acceptors (Lipinski definition) is 2. The number of carbonyl (C=O) groups is 1. The summed E-state index contributed by atoms with van der Waals surface area (Å²) >= 11 is 0. The average Bonchev–Trinajstić information content (AvgIpc) is 2.74. The molecule has 1 N–H and O–H groups in total. The van der Waals surface area contributed by atoms with Gasteiger partial charge < -0.3 is 10.2 Å². The van der Waals surface area contributed by atoms with Gasteiger partial charge in [0.25, 0.3) is 0 Å². The van der Waals surface area contributed by atoms with Gasteiger partial charge in [-0.1, -0.05) is 6.42 Å². The summed E-state index contributed by atoms with van der Waals surface area (Å²) in [6.45, 7) is -0.400. The molecular formula is C11H17F3N2O. The van der Waals surface area contributed by atoms with Crippen LogP contribution in [0.3, 0.4) is 0 Å². The first-order valence-corrected chi connectivity index (χ1v) is 5.93. The Kier molecular flexibility index (Phi) is 3.34. The first kappa shape index (κ1) is 12.7. The topological polar surface area (TPSA) is 32.3 Å². The number of alkyl halides is 3. The maximum atomic E-state index is 12.2. The number of rotatable bonds is 2. The second-order valence-electron chi connectivity index (χ2n) is 5.05. The Hall–Kier alpha value is -0.780. The van der Waals surface area contributed by atoms with Gasteiger partial charge in [0, 0.05) is 7.05 Å². The standard InChI is InChI=1S/C11H17F3N2O/c1-16(6-11(12,13)14)10(17)9-8-4-2-3-7(8)5-15-9/h7-9,15H,2-6H2,1H3. The van der Waals surface area contributed by atoms with Gasteiger partial charge >= 0.3 is 6.18 Å². The molecule has 0 spiro atoms. The number of carbonyl (C=O) groups excluding carboxylic acids is 1. The number of nitrogens with one attached hydrogen (secondary N) is 1. The van der Waals surface area contributed by atoms with Crippen molar-refractivity contribution in [2.75, 3.05) is 20.1 Å². The Bertz CT molecular complexity index is 306. The third kappa shape index (κ3) is 2.73. The van der Waals surface area contributed by atoms with Crippen LogP contribution in [0.2, 0.25) is 0 Å². The van der Waals surface area contributed by atoms with Crippen LogP contribution < -0.4 is 5.32 Å². The Morgan fingerprint density at radius 1 is 1.41 bits per heavy atom. The minimum atomic E-state index is -4.32. The van der Waals surface area contributed by atoms with Crippen molar-refractivity contribution in [2.24, 2.45) is 11.8 Å². The number of nitrogens with zero attached hydrogens (tertiary/aromatic N) is 1. The molecule has 0 bridgehead atoms. The summed E-state index contributed by atoms with van der Waals surface area (Å²) in [6.07, 6.45) is -1.19. The molecular weight excluding hydrogens is 233 g/mol. The van der Waals surface area contributed by atoms with Crippen molar-refractivity contribution in [3.05, 3.63) is 0 Å². The van der Waals surface area contributed by atoms with Crippen LogP contribution in [0, 0.1) is 11.8 Å². The van der Waals surface area contributed by atoms with E-state index in [2.05, 4.69) is 5.32 Å². The van der Waals surface area contributed by atoms with Crippen molar-refractivity contribution in [1.29, 1.82) is 0 Å². The smallest absolute Gasteiger partial charge is 0.335 e. The fraction of sp³-hybridized carbons (Fsp3) is 0.909. The first-order chi connectivity index (χ1) is 7.88. The van der Waals surface area contributed by atoms with Gasteiger partial charge in [0.15, 0.2) is 0 Å². The number of likely N-dealkylation sites (N-methyl/N-ethyl adjacent to an activating group) is 1. The maximum absolute atomic E-state index is 12.2. The lowest BCUT2D eigenvalue weighted by Gasteiger charge is -2.25. The van der Waals surface area contributed by atoms with Gasteiger partial charge in [-0.3, -0.25) is 4.79 Å². The summed E-state index contributed by atoms with van der Waals surface area (Å²) in [5, 5.41) is 3.07. The van der Waals surface area contributed by atoms with Crippen molar-refractivity contribution < 1.29 is 18.0 Å². The quantitative estimate of drug-likeness (QED) is 0.803. The molecule has 2 fully saturated rings. The Morgan fingerprint density at radius 3 is 2.76 bits per heavy atom. The zero-order valence-electron chi connectivity index (χ0n) is 9.76. The van der Waals surface area contributed by atoms with E-state index in [1.165, 1.54) is 7.05 Å². The number of fused-ring (bicyclic) bond motifs is 1. The monoisotopic (exact) mass is 250 g/mol. The van der Waals surface area contributed by atoms with E-state index in [9.17, 15) is 18.0 Å². The van der Waals surface area contributed by atoms with Gasteiger partial charge in [-0.15, -0.1) is 0 Å². The van der Waals surface area contributed by atoms with Crippen LogP contribution in [-0.4, -0.2) is 43.2 Å². The molecule has 1 saturated carbocycles. The summed E-state index contributed by atoms with van der Waals surface area (Å²) in [5.74, 6) is 0.290. The van der Waals surface area contributed by atoms with E-state index in [4.69, 9.17) is 0 Å². The predicted octanol–water partition coefficient (Wildman–Crippen LogP) is 1.40. The van der Waals surface area contributed by atoms with Crippen molar-refractivity contribution >= 4 is 5.91 Å². The summed E-state index contributed by atoms with van der Waals surface area (Å²) in [5.41, 5.74) is 0. The van der Waals surface area contributed by atoms with E-state index >= 15 is 0 Å². The Morgan fingerprint density at radius 2 is 2.12 bits per heavy atom. The van der Waals surface area contributed by atoms with E-state index in [-0.39, 0.29) is 5.92 Å². The minimum absolute atomic E-state index is 0.234. The van der Waals surface area contributed by atoms with Crippen LogP contribution in [0.5, 0.6) is 0 Å². The largest absolute Gasteiger partial charge is 0.406 e. The molecule has 17 heavy (non-hydrogen) atoms. The van der Waals surface area contributed by atoms with Gasteiger partial charge in [-0.05, 0) is 31.2 Å². The van der Waals surface area contributed by atoms with Crippen LogP contribution in [0.15, 0.2) is 0 Å². The Labute approximate surface area is 98.3 Å². The number of halogens is 3. The molecule has 1 aliphatic heterocycles. The first-order valence-electron chi connectivity index (χ1n) is 5.93. The fourth-order valence-electron chi connectivity index (χ4n) is 3.04. The SMILES string of the molecule is CN(CC(F)(F)F)C(=O)C1NCC2CCCC21. The lowest BCUT2D eigenvalue weighted by atomic mass is 9.93. The van der Waals surface area contributed by atoms with Gasteiger partial charge in [0.2, 0.25) is 5.91 Å². The normalized spacial score (nSPS) is 32.6. The highest BCUT2D eigenvalue weighted by molar-refractivity contribution is 5.82. The second-order valence-corrected chi connectivity index (χ2v) is 5.05. The Balaban J connectivity index is 1.95. The summed E-state index contributed by atoms with van der Waals surface area (Å²) in [6, 6.07) is -0.408. The molecule has 6 heteroatoms. The highest BCUT2D eigenvalue weighted by Gasteiger charge is 2.44. The second kappa shape index (κ2) is 4.48. The minimum Gasteiger partial charge on any atom is -0.335 e. The van der Waals surface area contributed by atoms with Crippen LogP contribution >= 0.6 is 0 Å². The molecule has 1 amide bonds. The zero-order chi connectivity index (χ0) is 12.6. The fourth-order valence-corrected chi connectivity index (χ4v) is 3.04. The summed E-state index contributed by atoms with van der Waals surface area (Å²) in [7, 11) is 1.22. The molecule has 3 nitrogen and oxygen atoms in total. The predicted molar refractivity (Wildman–Crippen MR) is 56.3 cm³/mol. The molecule has 0 radical (unpaired) electrons. The highest BCUT2D eigenvalue weighted by Crippen LogP contribution is 2.38. The molecule has 1 heterocycles. The van der Waals surface area contributed by atoms with Crippen molar-refractivity contribution in [3.8, 4) is 0 Å². The van der Waals surface area contributed by atoms with E-state index in [1.807, 2.05) is 0 Å². The summed E-state index contributed by atoms with van der Waals surface area (Å²) < 4.78 is 36.6. The molecule has 2 rings (SSSR count).